The van der Waals surface area contributed by atoms with Crippen molar-refractivity contribution in [2.75, 3.05) is 26.2 Å². The maximum atomic E-state index is 13.5. The molecular formula is C36H51N3O3. The Balaban J connectivity index is 0.000000972. The number of benzene rings is 1. The largest absolute Gasteiger partial charge is 0.508 e. The number of likely N-dealkylation sites (tertiary alicyclic amines) is 1. The number of nitrogens with zero attached hydrogens (tertiary/aromatic N) is 2. The van der Waals surface area contributed by atoms with Gasteiger partial charge in [0.25, 0.3) is 11.5 Å². The summed E-state index contributed by atoms with van der Waals surface area (Å²) >= 11 is 0. The first-order valence-electron chi connectivity index (χ1n) is 16.1. The molecule has 6 heteroatoms. The summed E-state index contributed by atoms with van der Waals surface area (Å²) in [4.78, 5) is 34.3. The molecule has 1 saturated heterocycles. The third-order valence-corrected chi connectivity index (χ3v) is 9.91. The molecule has 6 nitrogen and oxygen atoms in total. The Bertz CT molecular complexity index is 1400. The number of aromatic amines is 1. The van der Waals surface area contributed by atoms with Crippen molar-refractivity contribution in [3.63, 3.8) is 0 Å². The van der Waals surface area contributed by atoms with Gasteiger partial charge in [0.15, 0.2) is 0 Å². The number of piperidine rings is 1. The number of hydrogen-bond donors (Lipinski definition) is 2. The monoisotopic (exact) mass is 573 g/mol. The van der Waals surface area contributed by atoms with Crippen molar-refractivity contribution in [2.24, 2.45) is 11.8 Å². The van der Waals surface area contributed by atoms with Gasteiger partial charge in [-0.05, 0) is 117 Å². The van der Waals surface area contributed by atoms with Crippen LogP contribution in [0.15, 0.2) is 52.9 Å². The number of fused-ring (bicyclic) bond motifs is 2. The number of pyridine rings is 1. The lowest BCUT2D eigenvalue weighted by molar-refractivity contribution is 0.0246. The molecule has 2 aliphatic heterocycles. The molecule has 1 aromatic carbocycles. The molecule has 0 spiro atoms. The van der Waals surface area contributed by atoms with Crippen LogP contribution in [0.1, 0.15) is 93.5 Å². The Morgan fingerprint density at radius 1 is 1.14 bits per heavy atom. The molecule has 6 rings (SSSR count). The van der Waals surface area contributed by atoms with Crippen molar-refractivity contribution in [1.29, 1.82) is 0 Å². The Morgan fingerprint density at radius 2 is 1.86 bits per heavy atom. The standard InChI is InChI=1S/C32H39N3O3.2C2H6/c1-5-23-18-35(16-20(23)3)31(38)26-12-24-13-28-21(4)34(17-22-7-8-22)11-10-32(28,15-29(24)33-30(26)37)27-14-25(36)9-6-19(27)2;2*1-2/h5-6,9,12,14,21-22,28,36H,1,7-8,10-11,13,15-18H2,2-4H3,(H,33,37);2*1-2H3. The Morgan fingerprint density at radius 3 is 2.50 bits per heavy atom. The highest BCUT2D eigenvalue weighted by Crippen LogP contribution is 2.51. The molecule has 1 aromatic heterocycles. The zero-order valence-corrected chi connectivity index (χ0v) is 26.8. The summed E-state index contributed by atoms with van der Waals surface area (Å²) in [5, 5.41) is 10.5. The molecule has 1 amide bonds. The quantitative estimate of drug-likeness (QED) is 0.425. The fraction of sp³-hybridized carbons (Fsp3) is 0.556. The van der Waals surface area contributed by atoms with E-state index in [1.54, 1.807) is 17.0 Å². The van der Waals surface area contributed by atoms with Crippen LogP contribution in [0, 0.1) is 18.8 Å². The lowest BCUT2D eigenvalue weighted by Gasteiger charge is -2.55. The second-order valence-corrected chi connectivity index (χ2v) is 12.3. The van der Waals surface area contributed by atoms with Crippen molar-refractivity contribution < 1.29 is 9.90 Å². The topological polar surface area (TPSA) is 76.6 Å². The Kier molecular flexibility index (Phi) is 9.87. The molecule has 2 fully saturated rings. The molecule has 3 unspecified atom stereocenters. The smallest absolute Gasteiger partial charge is 0.261 e. The van der Waals surface area contributed by atoms with E-state index in [0.29, 0.717) is 37.2 Å². The SMILES string of the molecule is C=CC1=C(C)CN(C(=O)c2cc3c([nH]c2=O)CC2(c4cc(O)ccc4C)CCN(CC4CC4)C(C)C2C3)C1.CC.CC. The summed E-state index contributed by atoms with van der Waals surface area (Å²) in [5.41, 5.74) is 6.35. The lowest BCUT2D eigenvalue weighted by atomic mass is 9.55. The highest BCUT2D eigenvalue weighted by Gasteiger charge is 2.52. The van der Waals surface area contributed by atoms with E-state index in [-0.39, 0.29) is 22.4 Å². The van der Waals surface area contributed by atoms with Crippen molar-refractivity contribution in [3.05, 3.63) is 86.4 Å². The molecule has 3 atom stereocenters. The minimum absolute atomic E-state index is 0.168. The average Bonchev–Trinajstić information content (AvgIpc) is 3.74. The van der Waals surface area contributed by atoms with Crippen LogP contribution in [0.2, 0.25) is 0 Å². The molecule has 2 aromatic rings. The fourth-order valence-electron chi connectivity index (χ4n) is 7.50. The highest BCUT2D eigenvalue weighted by molar-refractivity contribution is 5.95. The number of amides is 1. The number of phenols is 1. The molecule has 42 heavy (non-hydrogen) atoms. The van der Waals surface area contributed by atoms with E-state index in [2.05, 4.69) is 30.3 Å². The van der Waals surface area contributed by atoms with E-state index in [4.69, 9.17) is 0 Å². The van der Waals surface area contributed by atoms with Crippen LogP contribution < -0.4 is 5.56 Å². The van der Waals surface area contributed by atoms with E-state index in [1.165, 1.54) is 24.0 Å². The van der Waals surface area contributed by atoms with Crippen molar-refractivity contribution in [3.8, 4) is 5.75 Å². The fourth-order valence-corrected chi connectivity index (χ4v) is 7.50. The summed E-state index contributed by atoms with van der Waals surface area (Å²) in [7, 11) is 0. The maximum Gasteiger partial charge on any atom is 0.261 e. The molecule has 228 valence electrons. The van der Waals surface area contributed by atoms with Gasteiger partial charge in [-0.25, -0.2) is 0 Å². The van der Waals surface area contributed by atoms with Gasteiger partial charge >= 0.3 is 0 Å². The number of hydrogen-bond acceptors (Lipinski definition) is 4. The first-order valence-corrected chi connectivity index (χ1v) is 16.1. The Labute approximate surface area is 252 Å². The molecule has 1 saturated carbocycles. The van der Waals surface area contributed by atoms with Gasteiger partial charge in [0.05, 0.1) is 0 Å². The van der Waals surface area contributed by atoms with E-state index in [0.717, 1.165) is 54.3 Å². The number of phenolic OH excluding ortho intramolecular Hbond substituents is 1. The molecule has 2 aliphatic carbocycles. The normalized spacial score (nSPS) is 25.0. The molecular weight excluding hydrogens is 522 g/mol. The van der Waals surface area contributed by atoms with Crippen LogP contribution in [0.25, 0.3) is 0 Å². The number of carbonyl (C=O) groups is 1. The first kappa shape index (κ1) is 31.8. The summed E-state index contributed by atoms with van der Waals surface area (Å²) in [5.74, 6) is 1.22. The van der Waals surface area contributed by atoms with Gasteiger partial charge in [0.2, 0.25) is 0 Å². The van der Waals surface area contributed by atoms with Crippen LogP contribution in [0.3, 0.4) is 0 Å². The van der Waals surface area contributed by atoms with Gasteiger partial charge in [-0.1, -0.05) is 46.4 Å². The first-order chi connectivity index (χ1) is 20.2. The molecule has 0 radical (unpaired) electrons. The zero-order valence-electron chi connectivity index (χ0n) is 26.8. The van der Waals surface area contributed by atoms with Crippen molar-refractivity contribution in [2.45, 2.75) is 92.0 Å². The highest BCUT2D eigenvalue weighted by atomic mass is 16.3. The van der Waals surface area contributed by atoms with Gasteiger partial charge in [0.1, 0.15) is 11.3 Å². The van der Waals surface area contributed by atoms with Gasteiger partial charge in [0, 0.05) is 36.8 Å². The van der Waals surface area contributed by atoms with Crippen LogP contribution in [0.4, 0.5) is 0 Å². The van der Waals surface area contributed by atoms with E-state index in [1.807, 2.05) is 52.8 Å². The maximum absolute atomic E-state index is 13.5. The molecule has 3 heterocycles. The van der Waals surface area contributed by atoms with Crippen LogP contribution in [-0.4, -0.2) is 58.0 Å². The minimum atomic E-state index is -0.307. The number of aryl methyl sites for hydroxylation is 1. The van der Waals surface area contributed by atoms with Crippen molar-refractivity contribution in [1.82, 2.24) is 14.8 Å². The van der Waals surface area contributed by atoms with E-state index < -0.39 is 0 Å². The van der Waals surface area contributed by atoms with Crippen LogP contribution in [-0.2, 0) is 18.3 Å². The summed E-state index contributed by atoms with van der Waals surface area (Å²) in [6, 6.07) is 7.97. The zero-order chi connectivity index (χ0) is 30.8. The number of carbonyl (C=O) groups excluding carboxylic acids is 1. The second kappa shape index (κ2) is 13.0. The number of H-pyrrole nitrogens is 1. The van der Waals surface area contributed by atoms with Crippen molar-refractivity contribution >= 4 is 5.91 Å². The van der Waals surface area contributed by atoms with Gasteiger partial charge in [-0.15, -0.1) is 0 Å². The van der Waals surface area contributed by atoms with Gasteiger partial charge in [-0.2, -0.15) is 0 Å². The second-order valence-electron chi connectivity index (χ2n) is 12.3. The van der Waals surface area contributed by atoms with Crippen LogP contribution in [0.5, 0.6) is 5.75 Å². The predicted molar refractivity (Wildman–Crippen MR) is 172 cm³/mol. The third kappa shape index (κ3) is 5.88. The average molecular weight is 574 g/mol. The summed E-state index contributed by atoms with van der Waals surface area (Å²) in [6.07, 6.45) is 6.98. The molecule has 4 aliphatic rings. The summed E-state index contributed by atoms with van der Waals surface area (Å²) < 4.78 is 0. The number of aromatic nitrogens is 1. The van der Waals surface area contributed by atoms with Gasteiger partial charge in [-0.3, -0.25) is 9.59 Å². The minimum Gasteiger partial charge on any atom is -0.508 e. The lowest BCUT2D eigenvalue weighted by Crippen LogP contribution is -2.59. The number of rotatable bonds is 5. The summed E-state index contributed by atoms with van der Waals surface area (Å²) in [6.45, 7) is 21.6. The predicted octanol–water partition coefficient (Wildman–Crippen LogP) is 6.56. The van der Waals surface area contributed by atoms with E-state index in [9.17, 15) is 14.7 Å². The van der Waals surface area contributed by atoms with E-state index >= 15 is 0 Å². The number of nitrogens with one attached hydrogen (secondary N) is 1. The Hall–Kier alpha value is -3.12. The van der Waals surface area contributed by atoms with Gasteiger partial charge < -0.3 is 19.9 Å². The third-order valence-electron chi connectivity index (χ3n) is 9.91. The molecule has 2 N–H and O–H groups in total. The number of aromatic hydroxyl groups is 1. The van der Waals surface area contributed by atoms with Crippen LogP contribution >= 0.6 is 0 Å². The molecule has 0 bridgehead atoms.